The van der Waals surface area contributed by atoms with E-state index in [1.807, 2.05) is 0 Å². The molecule has 206 valence electrons. The molecule has 3 aliphatic heterocycles. The number of hydrogen-bond acceptors (Lipinski definition) is 11. The summed E-state index contributed by atoms with van der Waals surface area (Å²) in [6, 6.07) is 8.59. The van der Waals surface area contributed by atoms with Crippen molar-refractivity contribution < 1.29 is 54.0 Å². The van der Waals surface area contributed by atoms with Gasteiger partial charge in [0.15, 0.2) is 11.5 Å². The summed E-state index contributed by atoms with van der Waals surface area (Å²) in [6.07, 6.45) is -4.86. The number of aliphatic hydroxyl groups excluding tert-OH is 5. The molecule has 3 heterocycles. The molecule has 3 aromatic carbocycles. The van der Waals surface area contributed by atoms with Crippen LogP contribution in [0.5, 0.6) is 17.2 Å². The van der Waals surface area contributed by atoms with Crippen LogP contribution in [-0.4, -0.2) is 69.5 Å². The molecule has 1 unspecified atom stereocenters. The van der Waals surface area contributed by atoms with Crippen molar-refractivity contribution in [2.24, 2.45) is 5.92 Å². The fourth-order valence-corrected chi connectivity index (χ4v) is 5.49. The normalized spacial score (nSPS) is 25.6. The van der Waals surface area contributed by atoms with Crippen molar-refractivity contribution in [1.29, 1.82) is 0 Å². The number of aliphatic hydroxyl groups is 5. The van der Waals surface area contributed by atoms with E-state index in [0.717, 1.165) is 0 Å². The van der Waals surface area contributed by atoms with Gasteiger partial charge in [0.25, 0.3) is 0 Å². The van der Waals surface area contributed by atoms with Crippen LogP contribution in [-0.2, 0) is 29.3 Å². The van der Waals surface area contributed by atoms with Gasteiger partial charge in [0.1, 0.15) is 18.5 Å². The number of fused-ring (bicyclic) bond motifs is 3. The van der Waals surface area contributed by atoms with Crippen molar-refractivity contribution in [3.63, 3.8) is 0 Å². The first-order chi connectivity index (χ1) is 18.9. The van der Waals surface area contributed by atoms with Crippen molar-refractivity contribution in [2.45, 2.75) is 51.3 Å². The van der Waals surface area contributed by atoms with Gasteiger partial charge in [-0.1, -0.05) is 13.0 Å². The summed E-state index contributed by atoms with van der Waals surface area (Å²) in [6.45, 7) is 0.458. The Hall–Kier alpha value is -3.45. The highest BCUT2D eigenvalue weighted by molar-refractivity contribution is 6.13. The first kappa shape index (κ1) is 25.8. The minimum absolute atomic E-state index is 0.0734. The van der Waals surface area contributed by atoms with E-state index in [1.54, 1.807) is 37.3 Å². The van der Waals surface area contributed by atoms with E-state index < -0.39 is 43.1 Å². The Balaban J connectivity index is 1.59. The van der Waals surface area contributed by atoms with Crippen molar-refractivity contribution in [3.8, 4) is 28.4 Å². The molecule has 5 atom stereocenters. The van der Waals surface area contributed by atoms with Gasteiger partial charge in [-0.15, -0.1) is 0 Å². The van der Waals surface area contributed by atoms with Crippen LogP contribution >= 0.6 is 0 Å². The lowest BCUT2D eigenvalue weighted by atomic mass is 9.87. The molecule has 0 amide bonds. The van der Waals surface area contributed by atoms with Gasteiger partial charge in [-0.25, -0.2) is 4.79 Å². The van der Waals surface area contributed by atoms with Gasteiger partial charge in [-0.05, 0) is 46.3 Å². The maximum absolute atomic E-state index is 13.1. The fraction of sp³-hybridized carbons (Fsp3) is 0.393. The van der Waals surface area contributed by atoms with E-state index in [0.29, 0.717) is 50.1 Å². The Labute approximate surface area is 222 Å². The summed E-state index contributed by atoms with van der Waals surface area (Å²) >= 11 is 0. The molecule has 0 aliphatic carbocycles. The van der Waals surface area contributed by atoms with Crippen molar-refractivity contribution in [2.75, 3.05) is 13.4 Å². The van der Waals surface area contributed by atoms with E-state index in [-0.39, 0.29) is 37.9 Å². The second kappa shape index (κ2) is 9.94. The van der Waals surface area contributed by atoms with Gasteiger partial charge in [-0.3, -0.25) is 0 Å². The monoisotopic (exact) mass is 540 g/mol. The number of ether oxygens (including phenoxy) is 5. The third-order valence-electron chi connectivity index (χ3n) is 7.71. The van der Waals surface area contributed by atoms with E-state index in [1.165, 1.54) is 0 Å². The van der Waals surface area contributed by atoms with Crippen LogP contribution in [0.2, 0.25) is 0 Å². The number of carbonyl (C=O) groups is 1. The molecule has 0 spiro atoms. The molecular formula is C28H28O11. The average molecular weight is 541 g/mol. The maximum Gasteiger partial charge on any atom is 0.339 e. The summed E-state index contributed by atoms with van der Waals surface area (Å²) in [5.74, 6) is 0.0896. The average Bonchev–Trinajstić information content (AvgIpc) is 3.58. The van der Waals surface area contributed by atoms with Crippen LogP contribution in [0.25, 0.3) is 21.9 Å². The zero-order chi connectivity index (χ0) is 27.4. The minimum Gasteiger partial charge on any atom is -0.461 e. The van der Waals surface area contributed by atoms with Crippen LogP contribution < -0.4 is 14.2 Å². The van der Waals surface area contributed by atoms with Gasteiger partial charge in [0.2, 0.25) is 13.1 Å². The van der Waals surface area contributed by atoms with Gasteiger partial charge < -0.3 is 49.2 Å². The smallest absolute Gasteiger partial charge is 0.339 e. The summed E-state index contributed by atoms with van der Waals surface area (Å²) < 4.78 is 28.4. The minimum atomic E-state index is -1.45. The summed E-state index contributed by atoms with van der Waals surface area (Å²) in [4.78, 5) is 13.1. The molecule has 5 N–H and O–H groups in total. The fourth-order valence-electron chi connectivity index (χ4n) is 5.49. The van der Waals surface area contributed by atoms with Gasteiger partial charge in [0, 0.05) is 22.4 Å². The highest BCUT2D eigenvalue weighted by Gasteiger charge is 2.44. The molecule has 1 fully saturated rings. The molecule has 11 heteroatoms. The van der Waals surface area contributed by atoms with E-state index >= 15 is 0 Å². The van der Waals surface area contributed by atoms with Crippen LogP contribution in [0.15, 0.2) is 30.3 Å². The molecule has 3 aromatic rings. The van der Waals surface area contributed by atoms with Crippen LogP contribution in [0.1, 0.15) is 34.0 Å². The molecule has 11 nitrogen and oxygen atoms in total. The van der Waals surface area contributed by atoms with Crippen LogP contribution in [0, 0.1) is 5.92 Å². The van der Waals surface area contributed by atoms with Crippen molar-refractivity contribution in [1.82, 2.24) is 0 Å². The first-order valence-electron chi connectivity index (χ1n) is 12.6. The maximum atomic E-state index is 13.1. The second-order valence-corrected chi connectivity index (χ2v) is 9.87. The van der Waals surface area contributed by atoms with E-state index in [4.69, 9.17) is 23.7 Å². The van der Waals surface area contributed by atoms with Gasteiger partial charge in [-0.2, -0.15) is 0 Å². The number of hydrogen-bond donors (Lipinski definition) is 5. The summed E-state index contributed by atoms with van der Waals surface area (Å²) in [5.41, 5.74) is 2.65. The second-order valence-electron chi connectivity index (χ2n) is 9.87. The van der Waals surface area contributed by atoms with Crippen molar-refractivity contribution in [3.05, 3.63) is 52.6 Å². The van der Waals surface area contributed by atoms with Gasteiger partial charge >= 0.3 is 5.97 Å². The number of benzene rings is 3. The number of rotatable bonds is 6. The topological polar surface area (TPSA) is 164 Å². The molecule has 39 heavy (non-hydrogen) atoms. The van der Waals surface area contributed by atoms with E-state index in [9.17, 15) is 30.3 Å². The number of carbonyl (C=O) groups excluding carboxylic acids is 1. The molecule has 0 radical (unpaired) electrons. The molecular weight excluding hydrogens is 512 g/mol. The Bertz CT molecular complexity index is 1450. The first-order valence-corrected chi connectivity index (χ1v) is 12.6. The third kappa shape index (κ3) is 4.09. The van der Waals surface area contributed by atoms with E-state index in [2.05, 4.69) is 0 Å². The zero-order valence-electron chi connectivity index (χ0n) is 21.0. The molecule has 3 aliphatic rings. The van der Waals surface area contributed by atoms with Crippen LogP contribution in [0.4, 0.5) is 0 Å². The SMILES string of the molecule is C[C@@H]1[C@H](O)[C@@H](O)C(Oc2c3c(c(-c4ccc5c(c4)OCO5)c4cc(CO)c(CO)cc24)C(=O)OC3)O[C@@H]1CO. The van der Waals surface area contributed by atoms with Gasteiger partial charge in [0.05, 0.1) is 37.6 Å². The zero-order valence-corrected chi connectivity index (χ0v) is 21.0. The Morgan fingerprint density at radius 3 is 2.33 bits per heavy atom. The summed E-state index contributed by atoms with van der Waals surface area (Å²) in [7, 11) is 0. The molecule has 0 aromatic heterocycles. The molecule has 0 bridgehead atoms. The predicted molar refractivity (Wildman–Crippen MR) is 134 cm³/mol. The van der Waals surface area contributed by atoms with Crippen LogP contribution in [0.3, 0.4) is 0 Å². The molecule has 1 saturated heterocycles. The number of esters is 1. The Morgan fingerprint density at radius 1 is 0.897 bits per heavy atom. The van der Waals surface area contributed by atoms with Crippen molar-refractivity contribution >= 4 is 16.7 Å². The quantitative estimate of drug-likeness (QED) is 0.287. The number of cyclic esters (lactones) is 1. The highest BCUT2D eigenvalue weighted by Crippen LogP contribution is 2.48. The highest BCUT2D eigenvalue weighted by atomic mass is 16.7. The molecule has 6 rings (SSSR count). The molecule has 0 saturated carbocycles. The largest absolute Gasteiger partial charge is 0.461 e. The third-order valence-corrected chi connectivity index (χ3v) is 7.71. The Morgan fingerprint density at radius 2 is 1.62 bits per heavy atom. The standard InChI is InChI=1S/C28H28O11/c1-12-21(9-31)38-28(25(33)24(12)32)39-26-17-5-15(8-30)14(7-29)4-16(17)22(23-18(26)10-35-27(23)34)13-2-3-19-20(6-13)37-11-36-19/h2-6,12,21,24-25,28-33H,7-11H2,1H3/t12-,21+,24-,25+,28?/m0/s1. The Kier molecular flexibility index (Phi) is 6.58. The lowest BCUT2D eigenvalue weighted by Crippen LogP contribution is -2.56. The lowest BCUT2D eigenvalue weighted by molar-refractivity contribution is -0.260. The summed E-state index contributed by atoms with van der Waals surface area (Å²) in [5, 5.41) is 52.2. The predicted octanol–water partition coefficient (Wildman–Crippen LogP) is 1.34. The lowest BCUT2D eigenvalue weighted by Gasteiger charge is -2.40.